The number of hydrogen-bond donors (Lipinski definition) is 1. The maximum Gasteiger partial charge on any atom is 0.322 e. The summed E-state index contributed by atoms with van der Waals surface area (Å²) in [5.41, 5.74) is 3.73. The highest BCUT2D eigenvalue weighted by Gasteiger charge is 2.22. The number of fused-ring (bicyclic) bond motifs is 1. The average molecular weight is 360 g/mol. The number of rotatable bonds is 3. The number of para-hydroxylation sites is 1. The maximum atomic E-state index is 12.5. The Morgan fingerprint density at radius 3 is 2.63 bits per heavy atom. The number of amides is 2. The fourth-order valence-electron chi connectivity index (χ4n) is 3.09. The number of urea groups is 1. The molecule has 27 heavy (non-hydrogen) atoms. The Balaban J connectivity index is 1.48. The van der Waals surface area contributed by atoms with Crippen LogP contribution in [0.15, 0.2) is 60.8 Å². The molecule has 0 saturated heterocycles. The third-order valence-electron chi connectivity index (χ3n) is 4.59. The van der Waals surface area contributed by atoms with Gasteiger partial charge in [-0.25, -0.2) is 14.8 Å². The van der Waals surface area contributed by atoms with Gasteiger partial charge in [-0.15, -0.1) is 0 Å². The molecular weight excluding hydrogens is 340 g/mol. The lowest BCUT2D eigenvalue weighted by Gasteiger charge is -2.28. The summed E-state index contributed by atoms with van der Waals surface area (Å²) in [5.74, 6) is 1.50. The van der Waals surface area contributed by atoms with Gasteiger partial charge in [0, 0.05) is 36.0 Å². The third-order valence-corrected chi connectivity index (χ3v) is 4.59. The van der Waals surface area contributed by atoms with Crippen molar-refractivity contribution in [2.75, 3.05) is 19.0 Å². The molecule has 1 aromatic heterocycles. The number of ether oxygens (including phenoxy) is 1. The lowest BCUT2D eigenvalue weighted by molar-refractivity contribution is 0.206. The average Bonchev–Trinajstić information content (AvgIpc) is 2.74. The van der Waals surface area contributed by atoms with E-state index in [9.17, 15) is 4.79 Å². The van der Waals surface area contributed by atoms with Crippen LogP contribution >= 0.6 is 0 Å². The van der Waals surface area contributed by atoms with E-state index in [1.807, 2.05) is 60.8 Å². The van der Waals surface area contributed by atoms with Gasteiger partial charge in [0.15, 0.2) is 5.82 Å². The normalized spacial score (nSPS) is 13.0. The highest BCUT2D eigenvalue weighted by atomic mass is 16.5. The molecule has 0 aliphatic carbocycles. The first-order chi connectivity index (χ1) is 13.2. The predicted octanol–water partition coefficient (Wildman–Crippen LogP) is 3.74. The van der Waals surface area contributed by atoms with Gasteiger partial charge in [0.05, 0.1) is 19.3 Å². The zero-order chi connectivity index (χ0) is 18.6. The Hall–Kier alpha value is -3.41. The standard InChI is InChI=1S/C21H20N4O2/c1-27-18-9-7-15(8-10-18)20-22-13-16-14-25(12-11-19(16)24-20)21(26)23-17-5-3-2-4-6-17/h2-10,13H,11-12,14H2,1H3,(H,23,26). The van der Waals surface area contributed by atoms with Crippen LogP contribution in [-0.2, 0) is 13.0 Å². The second-order valence-electron chi connectivity index (χ2n) is 6.36. The van der Waals surface area contributed by atoms with Crippen molar-refractivity contribution in [3.05, 3.63) is 72.1 Å². The van der Waals surface area contributed by atoms with E-state index in [2.05, 4.69) is 10.3 Å². The summed E-state index contributed by atoms with van der Waals surface area (Å²) < 4.78 is 5.19. The maximum absolute atomic E-state index is 12.5. The van der Waals surface area contributed by atoms with Crippen molar-refractivity contribution in [2.45, 2.75) is 13.0 Å². The van der Waals surface area contributed by atoms with Crippen molar-refractivity contribution in [3.63, 3.8) is 0 Å². The second kappa shape index (κ2) is 7.45. The molecule has 1 aliphatic heterocycles. The smallest absolute Gasteiger partial charge is 0.322 e. The monoisotopic (exact) mass is 360 g/mol. The summed E-state index contributed by atoms with van der Waals surface area (Å²) >= 11 is 0. The first-order valence-corrected chi connectivity index (χ1v) is 8.83. The highest BCUT2D eigenvalue weighted by Crippen LogP contribution is 2.23. The SMILES string of the molecule is COc1ccc(-c2ncc3c(n2)CCN(C(=O)Nc2ccccc2)C3)cc1. The molecule has 6 nitrogen and oxygen atoms in total. The van der Waals surface area contributed by atoms with Crippen molar-refractivity contribution >= 4 is 11.7 Å². The molecule has 0 unspecified atom stereocenters. The number of carbonyl (C=O) groups is 1. The molecule has 0 radical (unpaired) electrons. The molecule has 2 heterocycles. The van der Waals surface area contributed by atoms with E-state index in [4.69, 9.17) is 9.72 Å². The summed E-state index contributed by atoms with van der Waals surface area (Å²) in [5, 5.41) is 2.92. The van der Waals surface area contributed by atoms with Crippen LogP contribution in [-0.4, -0.2) is 34.6 Å². The van der Waals surface area contributed by atoms with Gasteiger partial charge in [-0.2, -0.15) is 0 Å². The topological polar surface area (TPSA) is 67.4 Å². The van der Waals surface area contributed by atoms with Gasteiger partial charge < -0.3 is 15.0 Å². The number of carbonyl (C=O) groups excluding carboxylic acids is 1. The summed E-state index contributed by atoms with van der Waals surface area (Å²) in [7, 11) is 1.64. The lowest BCUT2D eigenvalue weighted by atomic mass is 10.1. The van der Waals surface area contributed by atoms with E-state index in [0.29, 0.717) is 25.3 Å². The predicted molar refractivity (Wildman–Crippen MR) is 104 cm³/mol. The number of benzene rings is 2. The zero-order valence-corrected chi connectivity index (χ0v) is 15.1. The molecule has 0 fully saturated rings. The number of aromatic nitrogens is 2. The van der Waals surface area contributed by atoms with Crippen molar-refractivity contribution in [1.82, 2.24) is 14.9 Å². The second-order valence-corrected chi connectivity index (χ2v) is 6.36. The summed E-state index contributed by atoms with van der Waals surface area (Å²) in [4.78, 5) is 23.5. The summed E-state index contributed by atoms with van der Waals surface area (Å²) in [6.45, 7) is 1.14. The van der Waals surface area contributed by atoms with Crippen LogP contribution in [0.1, 0.15) is 11.3 Å². The molecule has 6 heteroatoms. The largest absolute Gasteiger partial charge is 0.497 e. The Bertz CT molecular complexity index is 942. The van der Waals surface area contributed by atoms with Crippen LogP contribution in [0.3, 0.4) is 0 Å². The van der Waals surface area contributed by atoms with E-state index in [-0.39, 0.29) is 6.03 Å². The van der Waals surface area contributed by atoms with E-state index >= 15 is 0 Å². The number of nitrogens with one attached hydrogen (secondary N) is 1. The molecular formula is C21H20N4O2. The quantitative estimate of drug-likeness (QED) is 0.773. The van der Waals surface area contributed by atoms with Crippen LogP contribution in [0.4, 0.5) is 10.5 Å². The number of anilines is 1. The fraction of sp³-hybridized carbons (Fsp3) is 0.190. The van der Waals surface area contributed by atoms with Gasteiger partial charge in [0.25, 0.3) is 0 Å². The summed E-state index contributed by atoms with van der Waals surface area (Å²) in [6, 6.07) is 17.1. The van der Waals surface area contributed by atoms with E-state index < -0.39 is 0 Å². The minimum Gasteiger partial charge on any atom is -0.497 e. The van der Waals surface area contributed by atoms with Crippen molar-refractivity contribution in [1.29, 1.82) is 0 Å². The Morgan fingerprint density at radius 2 is 1.89 bits per heavy atom. The molecule has 4 rings (SSSR count). The van der Waals surface area contributed by atoms with Gasteiger partial charge in [-0.1, -0.05) is 18.2 Å². The van der Waals surface area contributed by atoms with Crippen LogP contribution in [0.2, 0.25) is 0 Å². The van der Waals surface area contributed by atoms with Gasteiger partial charge in [0.2, 0.25) is 0 Å². The van der Waals surface area contributed by atoms with Crippen LogP contribution in [0, 0.1) is 0 Å². The molecule has 136 valence electrons. The number of methoxy groups -OCH3 is 1. The number of nitrogens with zero attached hydrogens (tertiary/aromatic N) is 3. The fourth-order valence-corrected chi connectivity index (χ4v) is 3.09. The van der Waals surface area contributed by atoms with E-state index in [0.717, 1.165) is 28.3 Å². The molecule has 3 aromatic rings. The molecule has 2 amide bonds. The van der Waals surface area contributed by atoms with E-state index in [1.54, 1.807) is 12.0 Å². The highest BCUT2D eigenvalue weighted by molar-refractivity contribution is 5.89. The minimum atomic E-state index is -0.105. The first kappa shape index (κ1) is 17.0. The molecule has 1 aliphatic rings. The van der Waals surface area contributed by atoms with Crippen LogP contribution < -0.4 is 10.1 Å². The molecule has 0 atom stereocenters. The molecule has 1 N–H and O–H groups in total. The minimum absolute atomic E-state index is 0.105. The van der Waals surface area contributed by atoms with Crippen molar-refractivity contribution < 1.29 is 9.53 Å². The van der Waals surface area contributed by atoms with Gasteiger partial charge in [0.1, 0.15) is 5.75 Å². The van der Waals surface area contributed by atoms with Gasteiger partial charge in [-0.05, 0) is 36.4 Å². The first-order valence-electron chi connectivity index (χ1n) is 8.83. The van der Waals surface area contributed by atoms with Crippen LogP contribution in [0.5, 0.6) is 5.75 Å². The molecule has 0 spiro atoms. The Kier molecular flexibility index (Phi) is 4.70. The lowest BCUT2D eigenvalue weighted by Crippen LogP contribution is -2.39. The van der Waals surface area contributed by atoms with Crippen molar-refractivity contribution in [3.8, 4) is 17.1 Å². The molecule has 0 bridgehead atoms. The summed E-state index contributed by atoms with van der Waals surface area (Å²) in [6.07, 6.45) is 2.53. The molecule has 0 saturated carbocycles. The molecule has 2 aromatic carbocycles. The van der Waals surface area contributed by atoms with Crippen LogP contribution in [0.25, 0.3) is 11.4 Å². The zero-order valence-electron chi connectivity index (χ0n) is 15.1. The van der Waals surface area contributed by atoms with Gasteiger partial charge >= 0.3 is 6.03 Å². The van der Waals surface area contributed by atoms with Crippen molar-refractivity contribution in [2.24, 2.45) is 0 Å². The third kappa shape index (κ3) is 3.74. The Morgan fingerprint density at radius 1 is 1.11 bits per heavy atom. The van der Waals surface area contributed by atoms with Gasteiger partial charge in [-0.3, -0.25) is 0 Å². The Labute approximate surface area is 157 Å². The van der Waals surface area contributed by atoms with E-state index in [1.165, 1.54) is 0 Å². The number of hydrogen-bond acceptors (Lipinski definition) is 4.